The molecule has 25 aromatic rings. The second-order valence-corrected chi connectivity index (χ2v) is 34.4. The highest BCUT2D eigenvalue weighted by molar-refractivity contribution is 6.13. The van der Waals surface area contributed by atoms with E-state index in [9.17, 15) is 0 Å². The number of hydrogen-bond acceptors (Lipinski definition) is 9. The summed E-state index contributed by atoms with van der Waals surface area (Å²) in [7, 11) is 0. The predicted molar refractivity (Wildman–Crippen MR) is 571 cm³/mol. The van der Waals surface area contributed by atoms with E-state index in [4.69, 9.17) is 29.9 Å². The fourth-order valence-corrected chi connectivity index (χ4v) is 18.7. The summed E-state index contributed by atoms with van der Waals surface area (Å²) >= 11 is 0. The van der Waals surface area contributed by atoms with Crippen LogP contribution in [0.5, 0.6) is 0 Å². The van der Waals surface area contributed by atoms with E-state index >= 15 is 0 Å². The monoisotopic (exact) mass is 1760 g/mol. The van der Waals surface area contributed by atoms with Crippen molar-refractivity contribution < 1.29 is 0 Å². The van der Waals surface area contributed by atoms with E-state index in [1.54, 1.807) is 18.6 Å². The van der Waals surface area contributed by atoms with Crippen LogP contribution >= 0.6 is 0 Å². The number of benzene rings is 19. The number of aromatic nitrogens is 9. The fourth-order valence-electron chi connectivity index (χ4n) is 18.7. The summed E-state index contributed by atoms with van der Waals surface area (Å²) in [5, 5.41) is 14.5. The Morgan fingerprint density at radius 3 is 0.833 bits per heavy atom. The Morgan fingerprint density at radius 2 is 0.399 bits per heavy atom. The van der Waals surface area contributed by atoms with Gasteiger partial charge in [-0.15, -0.1) is 0 Å². The normalized spacial score (nSPS) is 11.2. The van der Waals surface area contributed by atoms with Gasteiger partial charge in [0.2, 0.25) is 0 Å². The molecule has 0 spiro atoms. The van der Waals surface area contributed by atoms with E-state index in [2.05, 4.69) is 470 Å². The van der Waals surface area contributed by atoms with Crippen molar-refractivity contribution in [1.29, 1.82) is 0 Å². The van der Waals surface area contributed by atoms with Crippen molar-refractivity contribution in [3.8, 4) is 180 Å². The molecule has 6 aromatic heterocycles. The van der Waals surface area contributed by atoms with Gasteiger partial charge in [0.15, 0.2) is 17.5 Å². The Bertz CT molecular complexity index is 8770. The van der Waals surface area contributed by atoms with Gasteiger partial charge in [-0.3, -0.25) is 15.0 Å². The van der Waals surface area contributed by atoms with Gasteiger partial charge >= 0.3 is 0 Å². The predicted octanol–water partition coefficient (Wildman–Crippen LogP) is 33.2. The second-order valence-electron chi connectivity index (χ2n) is 34.4. The van der Waals surface area contributed by atoms with Crippen LogP contribution in [0.3, 0.4) is 0 Å². The van der Waals surface area contributed by atoms with Crippen LogP contribution in [0.15, 0.2) is 516 Å². The van der Waals surface area contributed by atoms with Gasteiger partial charge in [0.25, 0.3) is 0 Å². The first kappa shape index (κ1) is 83.7. The topological polar surface area (TPSA) is 116 Å². The standard InChI is InChI=1S/C45H29N3.C43H29N3.C41H27N3/c1-3-16-37-30(10-1)12-8-20-38(37)31-21-23-32(24-22-31)43-28-44(35-14-7-13-33(26-35)36-15-9-25-46-29-36)48-45(47-43)42-27-34-11-2-4-17-39(34)40-18-5-6-19-41(40)42;1-2-9-30(10-3-1)36-13-6-14-37(27-36)42-28-41(34-22-18-31(19-23-34)38-15-8-26-44-29-38)45-43(46-42)35-24-20-33(21-25-35)40-17-7-12-32-11-4-5-16-39(32)40;1-2-10-32-25-35(22-17-28(32)8-1)41-43-39(26-40(44-41)34-13-5-12-33(24-34)36-14-7-23-42-27-36)31-20-18-30(19-21-31)38-16-6-11-29-9-3-4-15-37(29)38/h1-29H;1-29H;1-27H. The molecule has 19 aromatic carbocycles. The van der Waals surface area contributed by atoms with Gasteiger partial charge in [0, 0.05) is 98.4 Å². The van der Waals surface area contributed by atoms with Crippen molar-refractivity contribution in [2.75, 3.05) is 0 Å². The summed E-state index contributed by atoms with van der Waals surface area (Å²) in [6, 6.07) is 168. The summed E-state index contributed by atoms with van der Waals surface area (Å²) in [5.74, 6) is 2.10. The molecule has 9 heteroatoms. The lowest BCUT2D eigenvalue weighted by Gasteiger charge is -2.14. The minimum absolute atomic E-state index is 0.693. The summed E-state index contributed by atoms with van der Waals surface area (Å²) in [5.41, 5.74) is 30.5. The summed E-state index contributed by atoms with van der Waals surface area (Å²) in [6.45, 7) is 0. The molecule has 0 unspecified atom stereocenters. The maximum absolute atomic E-state index is 5.27. The molecule has 0 amide bonds. The van der Waals surface area contributed by atoms with E-state index in [1.807, 2.05) is 42.9 Å². The van der Waals surface area contributed by atoms with Crippen molar-refractivity contribution >= 4 is 64.6 Å². The molecule has 0 N–H and O–H groups in total. The van der Waals surface area contributed by atoms with Crippen molar-refractivity contribution in [2.45, 2.75) is 0 Å². The van der Waals surface area contributed by atoms with E-state index in [-0.39, 0.29) is 0 Å². The number of nitrogens with zero attached hydrogens (tertiary/aromatic N) is 9. The van der Waals surface area contributed by atoms with Gasteiger partial charge < -0.3 is 0 Å². The van der Waals surface area contributed by atoms with Crippen LogP contribution in [0.2, 0.25) is 0 Å². The number of hydrogen-bond donors (Lipinski definition) is 0. The highest BCUT2D eigenvalue weighted by Gasteiger charge is 2.21. The summed E-state index contributed by atoms with van der Waals surface area (Å²) in [6.07, 6.45) is 11.1. The highest BCUT2D eigenvalue weighted by atomic mass is 14.9. The summed E-state index contributed by atoms with van der Waals surface area (Å²) in [4.78, 5) is 43.9. The molecular weight excluding hydrogens is 1680 g/mol. The van der Waals surface area contributed by atoms with Gasteiger partial charge in [-0.25, -0.2) is 29.9 Å². The van der Waals surface area contributed by atoms with Crippen LogP contribution in [0, 0.1) is 0 Å². The molecule has 138 heavy (non-hydrogen) atoms. The zero-order chi connectivity index (χ0) is 91.9. The Balaban J connectivity index is 0.000000116. The van der Waals surface area contributed by atoms with Crippen LogP contribution in [-0.2, 0) is 0 Å². The lowest BCUT2D eigenvalue weighted by molar-refractivity contribution is 1.18. The quantitative estimate of drug-likeness (QED) is 0.0872. The smallest absolute Gasteiger partial charge is 0.161 e. The lowest BCUT2D eigenvalue weighted by atomic mass is 9.95. The first-order chi connectivity index (χ1) is 68.3. The van der Waals surface area contributed by atoms with Gasteiger partial charge in [-0.1, -0.05) is 413 Å². The molecule has 0 aliphatic heterocycles. The van der Waals surface area contributed by atoms with Crippen molar-refractivity contribution in [3.05, 3.63) is 516 Å². The van der Waals surface area contributed by atoms with Crippen LogP contribution in [0.25, 0.3) is 244 Å². The van der Waals surface area contributed by atoms with Crippen LogP contribution in [0.4, 0.5) is 0 Å². The number of fused-ring (bicyclic) bond motifs is 7. The van der Waals surface area contributed by atoms with Gasteiger partial charge in [0.1, 0.15) is 0 Å². The van der Waals surface area contributed by atoms with Gasteiger partial charge in [0.05, 0.1) is 34.2 Å². The fraction of sp³-hybridized carbons (Fsp3) is 0. The molecule has 0 saturated carbocycles. The largest absolute Gasteiger partial charge is 0.264 e. The third-order valence-corrected chi connectivity index (χ3v) is 25.7. The molecule has 646 valence electrons. The third kappa shape index (κ3) is 17.6. The van der Waals surface area contributed by atoms with Crippen LogP contribution in [-0.4, -0.2) is 44.9 Å². The maximum Gasteiger partial charge on any atom is 0.161 e. The SMILES string of the molecule is c1ccc(-c2cccc(-c3cc(-c4ccc(-c5cccnc5)cc4)nc(-c4ccc(-c5cccc6ccccc56)cc4)n3)c2)cc1.c1cncc(-c2cccc(-c3cc(-c4ccc(-c5cccc6ccccc56)cc4)nc(-c4cc5ccccc5c5ccccc45)n3)c2)c1.c1cncc(-c2cccc(-c3cc(-c4ccc(-c5cccc6ccccc56)cc4)nc(-c4ccc5ccccc5c4)n3)c2)c1. The molecule has 0 atom stereocenters. The van der Waals surface area contributed by atoms with Gasteiger partial charge in [-0.2, -0.15) is 0 Å². The average Bonchev–Trinajstić information content (AvgIpc) is 0.757. The second kappa shape index (κ2) is 38.0. The molecule has 0 radical (unpaired) electrons. The third-order valence-electron chi connectivity index (χ3n) is 25.7. The van der Waals surface area contributed by atoms with E-state index in [1.165, 1.54) is 98.2 Å². The first-order valence-corrected chi connectivity index (χ1v) is 46.4. The zero-order valence-electron chi connectivity index (χ0n) is 75.1. The molecule has 0 bridgehead atoms. The highest BCUT2D eigenvalue weighted by Crippen LogP contribution is 2.42. The lowest BCUT2D eigenvalue weighted by Crippen LogP contribution is -1.97. The maximum atomic E-state index is 5.27. The Labute approximate surface area is 800 Å². The first-order valence-electron chi connectivity index (χ1n) is 46.4. The number of pyridine rings is 3. The Hall–Kier alpha value is -18.6. The molecular formula is C129H85N9. The van der Waals surface area contributed by atoms with Crippen LogP contribution < -0.4 is 0 Å². The van der Waals surface area contributed by atoms with Crippen molar-refractivity contribution in [2.24, 2.45) is 0 Å². The van der Waals surface area contributed by atoms with E-state index in [0.717, 1.165) is 129 Å². The molecule has 0 aliphatic carbocycles. The van der Waals surface area contributed by atoms with E-state index in [0.29, 0.717) is 17.5 Å². The Morgan fingerprint density at radius 1 is 0.116 bits per heavy atom. The molecule has 9 nitrogen and oxygen atoms in total. The molecule has 6 heterocycles. The minimum Gasteiger partial charge on any atom is -0.264 e. The zero-order valence-corrected chi connectivity index (χ0v) is 75.1. The molecule has 0 fully saturated rings. The van der Waals surface area contributed by atoms with Crippen LogP contribution in [0.1, 0.15) is 0 Å². The Kier molecular flexibility index (Phi) is 23.0. The molecule has 0 saturated heterocycles. The van der Waals surface area contributed by atoms with E-state index < -0.39 is 0 Å². The van der Waals surface area contributed by atoms with Crippen molar-refractivity contribution in [3.63, 3.8) is 0 Å². The van der Waals surface area contributed by atoms with Crippen molar-refractivity contribution in [1.82, 2.24) is 44.9 Å². The summed E-state index contributed by atoms with van der Waals surface area (Å²) < 4.78 is 0. The average molecular weight is 1760 g/mol. The van der Waals surface area contributed by atoms with Gasteiger partial charge in [-0.05, 0) is 198 Å². The molecule has 0 aliphatic rings. The molecule has 25 rings (SSSR count). The number of rotatable bonds is 16. The minimum atomic E-state index is 0.693.